The molecule has 0 saturated carbocycles. The van der Waals surface area contributed by atoms with E-state index >= 15 is 0 Å². The molecule has 0 saturated heterocycles. The summed E-state index contributed by atoms with van der Waals surface area (Å²) in [4.78, 5) is 73.2. The molecule has 0 aromatic rings. The van der Waals surface area contributed by atoms with Crippen LogP contribution in [0.15, 0.2) is 0 Å². The maximum atomic E-state index is 13.1. The third kappa shape index (κ3) is 76.8. The summed E-state index contributed by atoms with van der Waals surface area (Å²) in [5, 5.41) is 10.7. The van der Waals surface area contributed by atoms with Crippen molar-refractivity contribution in [2.75, 3.05) is 39.6 Å². The Bertz CT molecular complexity index is 2000. The van der Waals surface area contributed by atoms with Gasteiger partial charge in [0, 0.05) is 25.7 Å². The van der Waals surface area contributed by atoms with Gasteiger partial charge in [-0.1, -0.05) is 401 Å². The van der Waals surface area contributed by atoms with E-state index in [4.69, 9.17) is 37.0 Å². The SMILES string of the molecule is CCCCCCCCCCCCCCCCCCCC(=O)OC[C@H](COP(=O)(O)OC[C@@H](O)COP(=O)(O)OC[C@@H](COC(=O)CCCCCCCCCCC(C)CC)OC(=O)CCCCCCCCCCCCCCCCCC)OC(=O)CCCCCCCCCCCCCCCCCCC(C)C. The predicted molar refractivity (Wildman–Crippen MR) is 428 cm³/mol. The molecule has 19 heteroatoms. The molecule has 0 fully saturated rings. The quantitative estimate of drug-likeness (QED) is 0.0222. The Hall–Kier alpha value is -1.94. The number of ether oxygens (including phenoxy) is 4. The Kier molecular flexibility index (Phi) is 75.0. The second-order valence-corrected chi connectivity index (χ2v) is 34.2. The van der Waals surface area contributed by atoms with Crippen molar-refractivity contribution in [1.29, 1.82) is 0 Å². The number of phosphoric ester groups is 2. The zero-order chi connectivity index (χ0) is 76.4. The molecule has 0 aliphatic carbocycles. The zero-order valence-electron chi connectivity index (χ0n) is 68.3. The molecule has 0 rings (SSSR count). The van der Waals surface area contributed by atoms with Gasteiger partial charge in [-0.15, -0.1) is 0 Å². The molecule has 0 heterocycles. The molecule has 0 spiro atoms. The maximum Gasteiger partial charge on any atom is 0.472 e. The predicted octanol–water partition coefficient (Wildman–Crippen LogP) is 25.8. The Balaban J connectivity index is 5.26. The lowest BCUT2D eigenvalue weighted by atomic mass is 9.99. The van der Waals surface area contributed by atoms with Crippen molar-refractivity contribution in [2.24, 2.45) is 11.8 Å². The fraction of sp³-hybridized carbons (Fsp3) is 0.953. The molecule has 618 valence electrons. The highest BCUT2D eigenvalue weighted by molar-refractivity contribution is 7.47. The first-order valence-corrected chi connectivity index (χ1v) is 47.0. The van der Waals surface area contributed by atoms with E-state index in [0.29, 0.717) is 25.7 Å². The fourth-order valence-corrected chi connectivity index (χ4v) is 14.8. The van der Waals surface area contributed by atoms with Crippen LogP contribution in [0.4, 0.5) is 0 Å². The van der Waals surface area contributed by atoms with E-state index in [1.165, 1.54) is 270 Å². The van der Waals surface area contributed by atoms with Crippen LogP contribution in [0.5, 0.6) is 0 Å². The summed E-state index contributed by atoms with van der Waals surface area (Å²) in [5.74, 6) is -0.515. The van der Waals surface area contributed by atoms with E-state index in [1.807, 2.05) is 0 Å². The van der Waals surface area contributed by atoms with Gasteiger partial charge in [-0.2, -0.15) is 0 Å². The van der Waals surface area contributed by atoms with Gasteiger partial charge >= 0.3 is 39.5 Å². The molecular formula is C85H166O17P2. The number of unbranched alkanes of at least 4 members (excludes halogenated alkanes) is 53. The third-order valence-electron chi connectivity index (χ3n) is 20.3. The smallest absolute Gasteiger partial charge is 0.462 e. The Labute approximate surface area is 638 Å². The molecular weight excluding hydrogens is 1350 g/mol. The molecule has 0 amide bonds. The lowest BCUT2D eigenvalue weighted by molar-refractivity contribution is -0.161. The van der Waals surface area contributed by atoms with Crippen molar-refractivity contribution in [3.63, 3.8) is 0 Å². The van der Waals surface area contributed by atoms with Gasteiger partial charge in [0.05, 0.1) is 26.4 Å². The second-order valence-electron chi connectivity index (χ2n) is 31.3. The summed E-state index contributed by atoms with van der Waals surface area (Å²) in [6.07, 6.45) is 67.9. The lowest BCUT2D eigenvalue weighted by Crippen LogP contribution is -2.30. The Morgan fingerprint density at radius 2 is 0.490 bits per heavy atom. The number of phosphoric acid groups is 2. The number of esters is 4. The number of carbonyl (C=O) groups is 4. The van der Waals surface area contributed by atoms with Gasteiger partial charge in [-0.05, 0) is 37.5 Å². The van der Waals surface area contributed by atoms with Gasteiger partial charge in [-0.25, -0.2) is 9.13 Å². The average molecular weight is 1520 g/mol. The summed E-state index contributed by atoms with van der Waals surface area (Å²) in [6, 6.07) is 0. The molecule has 6 atom stereocenters. The van der Waals surface area contributed by atoms with Crippen LogP contribution in [0.2, 0.25) is 0 Å². The van der Waals surface area contributed by atoms with Crippen LogP contribution < -0.4 is 0 Å². The molecule has 104 heavy (non-hydrogen) atoms. The monoisotopic (exact) mass is 1520 g/mol. The van der Waals surface area contributed by atoms with Crippen LogP contribution in [-0.2, 0) is 65.4 Å². The Morgan fingerprint density at radius 3 is 0.731 bits per heavy atom. The molecule has 17 nitrogen and oxygen atoms in total. The van der Waals surface area contributed by atoms with Crippen molar-refractivity contribution in [3.8, 4) is 0 Å². The maximum absolute atomic E-state index is 13.1. The molecule has 3 N–H and O–H groups in total. The highest BCUT2D eigenvalue weighted by Gasteiger charge is 2.30. The van der Waals surface area contributed by atoms with E-state index in [9.17, 15) is 43.2 Å². The summed E-state index contributed by atoms with van der Waals surface area (Å²) >= 11 is 0. The Morgan fingerprint density at radius 1 is 0.279 bits per heavy atom. The van der Waals surface area contributed by atoms with Crippen LogP contribution in [0.1, 0.15) is 452 Å². The van der Waals surface area contributed by atoms with Gasteiger partial charge in [0.2, 0.25) is 0 Å². The molecule has 3 unspecified atom stereocenters. The molecule has 0 aromatic heterocycles. The summed E-state index contributed by atoms with van der Waals surface area (Å²) < 4.78 is 68.9. The first-order chi connectivity index (χ1) is 50.4. The standard InChI is InChI=1S/C85H166O17P2/c1-7-10-12-14-16-18-20-22-24-26-31-34-38-42-49-55-61-67-82(87)95-73-80(101-84(89)70-64-58-52-44-40-36-32-28-27-29-33-37-41-47-53-59-65-77(4)5)75-99-103(91,92)97-71-79(86)72-98-104(93,94)100-76-81(74-96-83(88)68-62-56-50-46-45-48-54-60-66-78(6)9-3)102-85(90)69-63-57-51-43-39-35-30-25-23-21-19-17-15-13-11-8-2/h77-81,86H,7-76H2,1-6H3,(H,91,92)(H,93,94)/t78?,79-,80-,81-/m1/s1. The first kappa shape index (κ1) is 102. The van der Waals surface area contributed by atoms with E-state index < -0.39 is 97.5 Å². The molecule has 0 radical (unpaired) electrons. The van der Waals surface area contributed by atoms with Crippen molar-refractivity contribution in [3.05, 3.63) is 0 Å². The van der Waals surface area contributed by atoms with Crippen LogP contribution >= 0.6 is 15.6 Å². The van der Waals surface area contributed by atoms with E-state index in [-0.39, 0.29) is 25.7 Å². The van der Waals surface area contributed by atoms with Crippen molar-refractivity contribution in [2.45, 2.75) is 471 Å². The van der Waals surface area contributed by atoms with Crippen LogP contribution in [0, 0.1) is 11.8 Å². The van der Waals surface area contributed by atoms with Gasteiger partial charge in [0.25, 0.3) is 0 Å². The number of aliphatic hydroxyl groups excluding tert-OH is 1. The lowest BCUT2D eigenvalue weighted by Gasteiger charge is -2.21. The second kappa shape index (κ2) is 76.4. The van der Waals surface area contributed by atoms with Crippen LogP contribution in [-0.4, -0.2) is 96.7 Å². The van der Waals surface area contributed by atoms with Crippen LogP contribution in [0.25, 0.3) is 0 Å². The number of hydrogen-bond donors (Lipinski definition) is 3. The van der Waals surface area contributed by atoms with Crippen LogP contribution in [0.3, 0.4) is 0 Å². The minimum atomic E-state index is -4.97. The topological polar surface area (TPSA) is 237 Å². The highest BCUT2D eigenvalue weighted by Crippen LogP contribution is 2.45. The number of rotatable bonds is 84. The number of hydrogen-bond acceptors (Lipinski definition) is 15. The number of carbonyl (C=O) groups excluding carboxylic acids is 4. The zero-order valence-corrected chi connectivity index (χ0v) is 70.1. The van der Waals surface area contributed by atoms with Crippen molar-refractivity contribution in [1.82, 2.24) is 0 Å². The normalized spacial score (nSPS) is 14.1. The highest BCUT2D eigenvalue weighted by atomic mass is 31.2. The van der Waals surface area contributed by atoms with E-state index in [2.05, 4.69) is 41.5 Å². The first-order valence-electron chi connectivity index (χ1n) is 44.0. The molecule has 0 aliphatic rings. The fourth-order valence-electron chi connectivity index (χ4n) is 13.2. The minimum Gasteiger partial charge on any atom is -0.462 e. The van der Waals surface area contributed by atoms with E-state index in [0.717, 1.165) is 102 Å². The van der Waals surface area contributed by atoms with E-state index in [1.54, 1.807) is 0 Å². The van der Waals surface area contributed by atoms with Crippen molar-refractivity contribution >= 4 is 39.5 Å². The summed E-state index contributed by atoms with van der Waals surface area (Å²) in [5.41, 5.74) is 0. The summed E-state index contributed by atoms with van der Waals surface area (Å²) in [7, 11) is -9.93. The molecule has 0 bridgehead atoms. The largest absolute Gasteiger partial charge is 0.472 e. The van der Waals surface area contributed by atoms with Gasteiger partial charge in [-0.3, -0.25) is 37.3 Å². The summed E-state index contributed by atoms with van der Waals surface area (Å²) in [6.45, 7) is 9.71. The third-order valence-corrected chi connectivity index (χ3v) is 22.2. The van der Waals surface area contributed by atoms with Gasteiger partial charge < -0.3 is 33.8 Å². The number of aliphatic hydroxyl groups is 1. The minimum absolute atomic E-state index is 0.108. The molecule has 0 aliphatic heterocycles. The average Bonchev–Trinajstić information content (AvgIpc) is 0.911. The van der Waals surface area contributed by atoms with Gasteiger partial charge in [0.1, 0.15) is 19.3 Å². The van der Waals surface area contributed by atoms with Crippen molar-refractivity contribution < 1.29 is 80.2 Å². The van der Waals surface area contributed by atoms with Gasteiger partial charge in [0.15, 0.2) is 12.2 Å². The molecule has 0 aromatic carbocycles.